The molecule has 0 fully saturated rings. The summed E-state index contributed by atoms with van der Waals surface area (Å²) in [5, 5.41) is 0. The topological polar surface area (TPSA) is 0 Å². The van der Waals surface area contributed by atoms with Gasteiger partial charge >= 0.3 is 89.1 Å². The molecule has 0 aliphatic heterocycles. The molecule has 0 nitrogen and oxygen atoms in total. The SMILES string of the molecule is [CH2]C(F)(F)C(F)(F)C(F)(F)C(F)(F)C(F)(F)C(F)(F)C(F)(F)C(F)(F)C(F)(F)C(F)(F)C(F)(F)C(F)(F)C(F)(F)C(F)(F)C(F)(F)F. The summed E-state index contributed by atoms with van der Waals surface area (Å²) < 4.78 is 409. The van der Waals surface area contributed by atoms with Crippen molar-refractivity contribution in [3.63, 3.8) is 0 Å². The minimum absolute atomic E-state index is 0.627. The Kier molecular flexibility index (Phi) is 9.94. The van der Waals surface area contributed by atoms with Crippen LogP contribution in [0.25, 0.3) is 0 Å². The molecule has 0 atom stereocenters. The zero-order valence-electron chi connectivity index (χ0n) is 19.9. The molecular weight excluding hydrogens is 781 g/mol. The molecule has 0 unspecified atom stereocenters. The summed E-state index contributed by atoms with van der Waals surface area (Å²) in [7, 11) is 0. The zero-order chi connectivity index (χ0) is 39.5. The lowest BCUT2D eigenvalue weighted by Crippen LogP contribution is -2.79. The first kappa shape index (κ1) is 44.8. The summed E-state index contributed by atoms with van der Waals surface area (Å²) in [6.07, 6.45) is -8.33. The summed E-state index contributed by atoms with van der Waals surface area (Å²) in [6, 6.07) is 0. The Morgan fingerprint density at radius 1 is 0.170 bits per heavy atom. The molecule has 0 bridgehead atoms. The largest absolute Gasteiger partial charge is 0.460 e. The van der Waals surface area contributed by atoms with Gasteiger partial charge in [-0.05, 0) is 0 Å². The standard InChI is InChI=1S/C16H2F31/c1-2(17,18)3(19,20)4(21,22)5(23,24)6(25,26)7(27,28)8(29,30)9(31,32)10(33,34)11(35,36)12(37,38)13(39,40)14(41,42)15(43,44)16(45,46)47/h1H2. The number of rotatable bonds is 13. The Labute approximate surface area is 233 Å². The van der Waals surface area contributed by atoms with Crippen LogP contribution in [0.4, 0.5) is 136 Å². The monoisotopic (exact) mass is 783 g/mol. The van der Waals surface area contributed by atoms with Gasteiger partial charge in [0.2, 0.25) is 0 Å². The summed E-state index contributed by atoms with van der Waals surface area (Å²) in [6.45, 7) is 0.627. The molecule has 0 aromatic heterocycles. The average molecular weight is 783 g/mol. The molecule has 0 saturated carbocycles. The van der Waals surface area contributed by atoms with Crippen molar-refractivity contribution in [2.75, 3.05) is 0 Å². The van der Waals surface area contributed by atoms with Gasteiger partial charge in [-0.2, -0.15) is 136 Å². The third-order valence-corrected chi connectivity index (χ3v) is 5.55. The van der Waals surface area contributed by atoms with E-state index in [0.717, 1.165) is 0 Å². The lowest BCUT2D eigenvalue weighted by Gasteiger charge is -2.46. The van der Waals surface area contributed by atoms with Crippen molar-refractivity contribution >= 4 is 0 Å². The molecule has 0 heterocycles. The molecule has 283 valence electrons. The Morgan fingerprint density at radius 2 is 0.277 bits per heavy atom. The second kappa shape index (κ2) is 10.4. The molecule has 0 saturated heterocycles. The van der Waals surface area contributed by atoms with Gasteiger partial charge in [0.15, 0.2) is 0 Å². The first-order valence-corrected chi connectivity index (χ1v) is 9.71. The fourth-order valence-corrected chi connectivity index (χ4v) is 2.58. The van der Waals surface area contributed by atoms with Crippen LogP contribution in [-0.4, -0.2) is 89.1 Å². The van der Waals surface area contributed by atoms with Gasteiger partial charge in [0.25, 0.3) is 0 Å². The van der Waals surface area contributed by atoms with Crippen LogP contribution < -0.4 is 0 Å². The fourth-order valence-electron chi connectivity index (χ4n) is 2.58. The van der Waals surface area contributed by atoms with Crippen molar-refractivity contribution in [3.8, 4) is 0 Å². The van der Waals surface area contributed by atoms with Gasteiger partial charge in [0.1, 0.15) is 0 Å². The highest BCUT2D eigenvalue weighted by atomic mass is 19.4. The molecule has 1 radical (unpaired) electrons. The van der Waals surface area contributed by atoms with Crippen LogP contribution in [0, 0.1) is 6.92 Å². The van der Waals surface area contributed by atoms with Crippen molar-refractivity contribution in [2.45, 2.75) is 89.1 Å². The van der Waals surface area contributed by atoms with Gasteiger partial charge in [-0.3, -0.25) is 0 Å². The minimum Gasteiger partial charge on any atom is -0.200 e. The smallest absolute Gasteiger partial charge is 0.200 e. The Morgan fingerprint density at radius 3 is 0.383 bits per heavy atom. The van der Waals surface area contributed by atoms with E-state index < -0.39 is 89.1 Å². The van der Waals surface area contributed by atoms with Crippen LogP contribution in [0.1, 0.15) is 0 Å². The summed E-state index contributed by atoms with van der Waals surface area (Å²) in [5.74, 6) is -131. The average Bonchev–Trinajstić information content (AvgIpc) is 2.80. The maximum absolute atomic E-state index is 13.6. The van der Waals surface area contributed by atoms with Crippen LogP contribution in [0.2, 0.25) is 0 Å². The van der Waals surface area contributed by atoms with Crippen molar-refractivity contribution < 1.29 is 136 Å². The predicted molar refractivity (Wildman–Crippen MR) is 80.7 cm³/mol. The van der Waals surface area contributed by atoms with Gasteiger partial charge in [0.05, 0.1) is 0 Å². The van der Waals surface area contributed by atoms with E-state index in [2.05, 4.69) is 0 Å². The molecule has 0 rings (SSSR count). The Bertz CT molecular complexity index is 1050. The van der Waals surface area contributed by atoms with Crippen LogP contribution in [0.3, 0.4) is 0 Å². The second-order valence-electron chi connectivity index (χ2n) is 8.67. The molecule has 31 heteroatoms. The third kappa shape index (κ3) is 5.00. The van der Waals surface area contributed by atoms with Gasteiger partial charge in [-0.1, -0.05) is 0 Å². The number of hydrogen-bond donors (Lipinski definition) is 0. The van der Waals surface area contributed by atoms with Crippen molar-refractivity contribution in [3.05, 3.63) is 6.92 Å². The van der Waals surface area contributed by atoms with Crippen LogP contribution >= 0.6 is 0 Å². The van der Waals surface area contributed by atoms with E-state index in [9.17, 15) is 136 Å². The first-order chi connectivity index (χ1) is 19.5. The summed E-state index contributed by atoms with van der Waals surface area (Å²) >= 11 is 0. The minimum atomic E-state index is -10.1. The predicted octanol–water partition coefficient (Wildman–Crippen LogP) is 10.3. The van der Waals surface area contributed by atoms with Crippen molar-refractivity contribution in [1.82, 2.24) is 0 Å². The van der Waals surface area contributed by atoms with E-state index in [0.29, 0.717) is 6.92 Å². The maximum atomic E-state index is 13.6. The Hall–Kier alpha value is -2.17. The molecule has 0 amide bonds. The van der Waals surface area contributed by atoms with Crippen LogP contribution in [0.5, 0.6) is 0 Å². The molecule has 0 aliphatic rings. The number of halogens is 31. The molecule has 47 heavy (non-hydrogen) atoms. The highest BCUT2D eigenvalue weighted by Crippen LogP contribution is 2.69. The lowest BCUT2D eigenvalue weighted by molar-refractivity contribution is -0.488. The van der Waals surface area contributed by atoms with E-state index in [-0.39, 0.29) is 0 Å². The van der Waals surface area contributed by atoms with E-state index in [1.807, 2.05) is 0 Å². The van der Waals surface area contributed by atoms with Crippen LogP contribution in [0.15, 0.2) is 0 Å². The lowest BCUT2D eigenvalue weighted by atomic mass is 9.83. The van der Waals surface area contributed by atoms with Gasteiger partial charge in [-0.25, -0.2) is 0 Å². The first-order valence-electron chi connectivity index (χ1n) is 9.71. The molecule has 0 aromatic carbocycles. The molecule has 0 aromatic rings. The highest BCUT2D eigenvalue weighted by molar-refractivity contribution is 5.21. The maximum Gasteiger partial charge on any atom is 0.460 e. The fraction of sp³-hybridized carbons (Fsp3) is 0.938. The van der Waals surface area contributed by atoms with Gasteiger partial charge in [0, 0.05) is 6.92 Å². The number of alkyl halides is 31. The highest BCUT2D eigenvalue weighted by Gasteiger charge is 3.01. The van der Waals surface area contributed by atoms with Gasteiger partial charge in [-0.15, -0.1) is 0 Å². The van der Waals surface area contributed by atoms with Crippen molar-refractivity contribution in [1.29, 1.82) is 0 Å². The molecule has 0 aliphatic carbocycles. The third-order valence-electron chi connectivity index (χ3n) is 5.55. The normalized spacial score (nSPS) is 17.4. The molecule has 0 spiro atoms. The van der Waals surface area contributed by atoms with Crippen LogP contribution in [-0.2, 0) is 0 Å². The summed E-state index contributed by atoms with van der Waals surface area (Å²) in [5.41, 5.74) is 0. The molecule has 0 N–H and O–H groups in total. The van der Waals surface area contributed by atoms with Crippen molar-refractivity contribution in [2.24, 2.45) is 0 Å². The van der Waals surface area contributed by atoms with E-state index >= 15 is 0 Å². The van der Waals surface area contributed by atoms with E-state index in [1.54, 1.807) is 0 Å². The molecular formula is C16H2F31. The zero-order valence-corrected chi connectivity index (χ0v) is 19.9. The van der Waals surface area contributed by atoms with Gasteiger partial charge < -0.3 is 0 Å². The van der Waals surface area contributed by atoms with E-state index in [1.165, 1.54) is 0 Å². The second-order valence-corrected chi connectivity index (χ2v) is 8.67. The Balaban J connectivity index is 7.61. The van der Waals surface area contributed by atoms with E-state index in [4.69, 9.17) is 0 Å². The summed E-state index contributed by atoms with van der Waals surface area (Å²) in [4.78, 5) is 0. The quantitative estimate of drug-likeness (QED) is 0.163. The number of hydrogen-bond acceptors (Lipinski definition) is 0.